The molecule has 2 heterocycles. The highest BCUT2D eigenvalue weighted by molar-refractivity contribution is 7.10. The minimum absolute atomic E-state index is 0.310. The van der Waals surface area contributed by atoms with Crippen LogP contribution in [0.2, 0.25) is 0 Å². The molecule has 0 spiro atoms. The van der Waals surface area contributed by atoms with Gasteiger partial charge in [0.05, 0.1) is 5.56 Å². The van der Waals surface area contributed by atoms with Crippen molar-refractivity contribution in [2.45, 2.75) is 25.7 Å². The first-order chi connectivity index (χ1) is 10.1. The van der Waals surface area contributed by atoms with Crippen molar-refractivity contribution in [1.82, 2.24) is 9.80 Å². The van der Waals surface area contributed by atoms with Crippen LogP contribution in [0.25, 0.3) is 0 Å². The number of hydrogen-bond donors (Lipinski definition) is 0. The average molecular weight is 304 g/mol. The Balaban J connectivity index is 1.43. The first kappa shape index (κ1) is 13.8. The van der Waals surface area contributed by atoms with Crippen LogP contribution < -0.4 is 0 Å². The Hall–Kier alpha value is -0.870. The van der Waals surface area contributed by atoms with Gasteiger partial charge >= 0.3 is 0 Å². The number of rotatable bonds is 3. The quantitative estimate of drug-likeness (QED) is 0.856. The number of thiophene rings is 1. The lowest BCUT2D eigenvalue weighted by Gasteiger charge is -2.22. The van der Waals surface area contributed by atoms with E-state index in [4.69, 9.17) is 0 Å². The predicted octanol–water partition coefficient (Wildman–Crippen LogP) is 2.51. The fourth-order valence-corrected chi connectivity index (χ4v) is 5.47. The van der Waals surface area contributed by atoms with E-state index in [0.717, 1.165) is 42.8 Å². The molecular weight excluding hydrogens is 280 g/mol. The highest BCUT2D eigenvalue weighted by atomic mass is 32.1. The second-order valence-corrected chi connectivity index (χ2v) is 8.19. The van der Waals surface area contributed by atoms with Crippen LogP contribution in [-0.4, -0.2) is 49.4 Å². The maximum Gasteiger partial charge on any atom is 0.255 e. The lowest BCUT2D eigenvalue weighted by atomic mass is 9.95. The van der Waals surface area contributed by atoms with Crippen LogP contribution in [0.15, 0.2) is 5.38 Å². The van der Waals surface area contributed by atoms with Gasteiger partial charge in [-0.1, -0.05) is 0 Å². The van der Waals surface area contributed by atoms with Gasteiger partial charge in [0, 0.05) is 29.9 Å². The maximum absolute atomic E-state index is 12.8. The second-order valence-electron chi connectivity index (χ2n) is 7.22. The van der Waals surface area contributed by atoms with Crippen molar-refractivity contribution in [2.24, 2.45) is 17.8 Å². The summed E-state index contributed by atoms with van der Waals surface area (Å²) in [6, 6.07) is 0. The molecule has 4 rings (SSSR count). The SMILES string of the molecule is CN(C)CC1[C@H]2CN(C(=O)c3csc4c3CCCC4)C[C@@H]12. The average Bonchev–Trinajstić information content (AvgIpc) is 2.88. The molecule has 0 radical (unpaired) electrons. The number of amides is 1. The van der Waals surface area contributed by atoms with Crippen molar-refractivity contribution >= 4 is 17.2 Å². The number of carbonyl (C=O) groups excluding carboxylic acids is 1. The van der Waals surface area contributed by atoms with Crippen LogP contribution in [0.1, 0.15) is 33.6 Å². The lowest BCUT2D eigenvalue weighted by molar-refractivity contribution is 0.0764. The van der Waals surface area contributed by atoms with E-state index in [0.29, 0.717) is 5.91 Å². The van der Waals surface area contributed by atoms with Gasteiger partial charge in [0.15, 0.2) is 0 Å². The van der Waals surface area contributed by atoms with Gasteiger partial charge in [0.25, 0.3) is 5.91 Å². The van der Waals surface area contributed by atoms with Crippen LogP contribution in [0, 0.1) is 17.8 Å². The van der Waals surface area contributed by atoms with Crippen molar-refractivity contribution in [2.75, 3.05) is 33.7 Å². The number of fused-ring (bicyclic) bond motifs is 2. The number of likely N-dealkylation sites (tertiary alicyclic amines) is 1. The van der Waals surface area contributed by atoms with Crippen molar-refractivity contribution in [3.05, 3.63) is 21.4 Å². The number of hydrogen-bond acceptors (Lipinski definition) is 3. The summed E-state index contributed by atoms with van der Waals surface area (Å²) in [6.45, 7) is 3.17. The van der Waals surface area contributed by atoms with Crippen molar-refractivity contribution < 1.29 is 4.79 Å². The van der Waals surface area contributed by atoms with Gasteiger partial charge in [-0.15, -0.1) is 11.3 Å². The van der Waals surface area contributed by atoms with E-state index in [9.17, 15) is 4.79 Å². The number of carbonyl (C=O) groups is 1. The molecule has 2 fully saturated rings. The Bertz CT molecular complexity index is 553. The van der Waals surface area contributed by atoms with Crippen molar-refractivity contribution in [3.63, 3.8) is 0 Å². The molecular formula is C17H24N2OS. The molecule has 1 amide bonds. The van der Waals surface area contributed by atoms with Crippen molar-refractivity contribution in [3.8, 4) is 0 Å². The van der Waals surface area contributed by atoms with E-state index in [1.54, 1.807) is 11.3 Å². The largest absolute Gasteiger partial charge is 0.338 e. The molecule has 3 atom stereocenters. The Labute approximate surface area is 130 Å². The molecule has 0 aromatic carbocycles. The molecule has 21 heavy (non-hydrogen) atoms. The Kier molecular flexibility index (Phi) is 3.34. The number of piperidine rings is 1. The molecule has 3 aliphatic rings. The smallest absolute Gasteiger partial charge is 0.255 e. The van der Waals surface area contributed by atoms with Crippen LogP contribution in [-0.2, 0) is 12.8 Å². The highest BCUT2D eigenvalue weighted by Crippen LogP contribution is 2.52. The Morgan fingerprint density at radius 2 is 2.00 bits per heavy atom. The number of aryl methyl sites for hydroxylation is 1. The minimum Gasteiger partial charge on any atom is -0.338 e. The summed E-state index contributed by atoms with van der Waals surface area (Å²) in [5.74, 6) is 2.68. The van der Waals surface area contributed by atoms with Gasteiger partial charge < -0.3 is 9.80 Å². The maximum atomic E-state index is 12.8. The van der Waals surface area contributed by atoms with E-state index in [-0.39, 0.29) is 0 Å². The lowest BCUT2D eigenvalue weighted by Crippen LogP contribution is -2.33. The highest BCUT2D eigenvalue weighted by Gasteiger charge is 2.56. The molecule has 4 heteroatoms. The molecule has 3 nitrogen and oxygen atoms in total. The number of nitrogens with zero attached hydrogens (tertiary/aromatic N) is 2. The summed E-state index contributed by atoms with van der Waals surface area (Å²) < 4.78 is 0. The molecule has 0 bridgehead atoms. The molecule has 114 valence electrons. The van der Waals surface area contributed by atoms with E-state index in [2.05, 4.69) is 29.3 Å². The van der Waals surface area contributed by atoms with Gasteiger partial charge in [-0.05, 0) is 63.1 Å². The standard InChI is InChI=1S/C17H24N2OS/c1-18(2)7-12-13-8-19(9-14(12)13)17(20)15-10-21-16-6-4-3-5-11(15)16/h10,12-14H,3-9H2,1-2H3/t12?,13-,14+. The molecule has 1 aromatic rings. The predicted molar refractivity (Wildman–Crippen MR) is 85.9 cm³/mol. The van der Waals surface area contributed by atoms with E-state index < -0.39 is 0 Å². The van der Waals surface area contributed by atoms with Crippen molar-refractivity contribution in [1.29, 1.82) is 0 Å². The zero-order chi connectivity index (χ0) is 14.6. The monoisotopic (exact) mass is 304 g/mol. The molecule has 1 saturated carbocycles. The third-order valence-corrected chi connectivity index (χ3v) is 6.61. The summed E-state index contributed by atoms with van der Waals surface area (Å²) in [4.78, 5) is 18.7. The Morgan fingerprint density at radius 3 is 2.71 bits per heavy atom. The third-order valence-electron chi connectivity index (χ3n) is 5.53. The first-order valence-corrected chi connectivity index (χ1v) is 9.06. The third kappa shape index (κ3) is 2.33. The van der Waals surface area contributed by atoms with Gasteiger partial charge in [-0.3, -0.25) is 4.79 Å². The summed E-state index contributed by atoms with van der Waals surface area (Å²) in [5, 5.41) is 2.12. The molecule has 1 unspecified atom stereocenters. The topological polar surface area (TPSA) is 23.6 Å². The first-order valence-electron chi connectivity index (χ1n) is 8.18. The molecule has 1 aromatic heterocycles. The van der Waals surface area contributed by atoms with Gasteiger partial charge in [-0.25, -0.2) is 0 Å². The second kappa shape index (κ2) is 5.10. The fraction of sp³-hybridized carbons (Fsp3) is 0.706. The van der Waals surface area contributed by atoms with Gasteiger partial charge in [0.2, 0.25) is 0 Å². The van der Waals surface area contributed by atoms with Crippen LogP contribution in [0.5, 0.6) is 0 Å². The van der Waals surface area contributed by atoms with Gasteiger partial charge in [0.1, 0.15) is 0 Å². The molecule has 1 saturated heterocycles. The minimum atomic E-state index is 0.310. The normalized spacial score (nSPS) is 30.4. The van der Waals surface area contributed by atoms with Crippen LogP contribution in [0.3, 0.4) is 0 Å². The van der Waals surface area contributed by atoms with Crippen LogP contribution >= 0.6 is 11.3 Å². The van der Waals surface area contributed by atoms with E-state index in [1.807, 2.05) is 0 Å². The molecule has 1 aliphatic heterocycles. The summed E-state index contributed by atoms with van der Waals surface area (Å²) in [7, 11) is 4.29. The Morgan fingerprint density at radius 1 is 1.29 bits per heavy atom. The van der Waals surface area contributed by atoms with E-state index >= 15 is 0 Å². The zero-order valence-corrected chi connectivity index (χ0v) is 13.8. The van der Waals surface area contributed by atoms with Crippen LogP contribution in [0.4, 0.5) is 0 Å². The fourth-order valence-electron chi connectivity index (χ4n) is 4.35. The molecule has 0 N–H and O–H groups in total. The van der Waals surface area contributed by atoms with Gasteiger partial charge in [-0.2, -0.15) is 0 Å². The zero-order valence-electron chi connectivity index (χ0n) is 13.0. The summed E-state index contributed by atoms with van der Waals surface area (Å²) in [6.07, 6.45) is 4.84. The summed E-state index contributed by atoms with van der Waals surface area (Å²) >= 11 is 1.81. The summed E-state index contributed by atoms with van der Waals surface area (Å²) in [5.41, 5.74) is 2.40. The molecule has 2 aliphatic carbocycles. The van der Waals surface area contributed by atoms with E-state index in [1.165, 1.54) is 36.2 Å².